The summed E-state index contributed by atoms with van der Waals surface area (Å²) >= 11 is 0. The van der Waals surface area contributed by atoms with Gasteiger partial charge < -0.3 is 15.1 Å². The van der Waals surface area contributed by atoms with Crippen LogP contribution in [0.3, 0.4) is 0 Å². The molecule has 0 rings (SSSR count). The molecule has 0 saturated carbocycles. The summed E-state index contributed by atoms with van der Waals surface area (Å²) in [6, 6.07) is 0. The first-order chi connectivity index (χ1) is 6.14. The summed E-state index contributed by atoms with van der Waals surface area (Å²) in [5.74, 6) is 0. The monoisotopic (exact) mass is 189 g/mol. The van der Waals surface area contributed by atoms with Gasteiger partial charge in [-0.25, -0.2) is 0 Å². The van der Waals surface area contributed by atoms with Crippen LogP contribution in [0, 0.1) is 5.41 Å². The summed E-state index contributed by atoms with van der Waals surface area (Å²) in [6.45, 7) is 6.17. The lowest BCUT2D eigenvalue weighted by molar-refractivity contribution is 0.0690. The minimum Gasteiger partial charge on any atom is -0.396 e. The third-order valence-electron chi connectivity index (χ3n) is 2.92. The van der Waals surface area contributed by atoms with Crippen LogP contribution in [0.25, 0.3) is 0 Å². The number of hydrogen-bond donors (Lipinski definition) is 2. The van der Waals surface area contributed by atoms with Crippen molar-refractivity contribution in [2.45, 2.75) is 26.7 Å². The summed E-state index contributed by atoms with van der Waals surface area (Å²) in [4.78, 5) is 2.07. The smallest absolute Gasteiger partial charge is 0.0558 e. The Labute approximate surface area is 81.4 Å². The molecule has 0 saturated heterocycles. The molecule has 80 valence electrons. The fourth-order valence-electron chi connectivity index (χ4n) is 1.57. The van der Waals surface area contributed by atoms with E-state index in [4.69, 9.17) is 5.11 Å². The van der Waals surface area contributed by atoms with Gasteiger partial charge in [-0.2, -0.15) is 0 Å². The Morgan fingerprint density at radius 2 is 1.69 bits per heavy atom. The van der Waals surface area contributed by atoms with Gasteiger partial charge >= 0.3 is 0 Å². The average molecular weight is 189 g/mol. The molecule has 0 unspecified atom stereocenters. The molecule has 3 nitrogen and oxygen atoms in total. The number of aliphatic hydroxyl groups is 2. The van der Waals surface area contributed by atoms with Crippen molar-refractivity contribution < 1.29 is 10.2 Å². The first-order valence-corrected chi connectivity index (χ1v) is 5.04. The molecular weight excluding hydrogens is 166 g/mol. The Hall–Kier alpha value is -0.120. The predicted molar refractivity (Wildman–Crippen MR) is 54.7 cm³/mol. The molecule has 0 heterocycles. The average Bonchev–Trinajstić information content (AvgIpc) is 2.15. The highest BCUT2D eigenvalue weighted by molar-refractivity contribution is 4.78. The van der Waals surface area contributed by atoms with Crippen LogP contribution < -0.4 is 0 Å². The molecule has 0 aliphatic rings. The molecule has 0 aromatic carbocycles. The Morgan fingerprint density at radius 1 is 1.15 bits per heavy atom. The maximum atomic E-state index is 9.30. The number of hydrogen-bond acceptors (Lipinski definition) is 3. The number of nitrogens with zero attached hydrogens (tertiary/aromatic N) is 1. The van der Waals surface area contributed by atoms with Crippen LogP contribution in [-0.4, -0.2) is 48.5 Å². The maximum Gasteiger partial charge on any atom is 0.0558 e. The Bertz CT molecular complexity index is 116. The van der Waals surface area contributed by atoms with Gasteiger partial charge in [-0.3, -0.25) is 0 Å². The van der Waals surface area contributed by atoms with Crippen molar-refractivity contribution in [1.29, 1.82) is 0 Å². The van der Waals surface area contributed by atoms with E-state index in [9.17, 15) is 5.11 Å². The zero-order valence-electron chi connectivity index (χ0n) is 9.08. The maximum absolute atomic E-state index is 9.30. The summed E-state index contributed by atoms with van der Waals surface area (Å²) < 4.78 is 0. The third kappa shape index (κ3) is 4.07. The van der Waals surface area contributed by atoms with E-state index in [1.54, 1.807) is 0 Å². The highest BCUT2D eigenvalue weighted by Gasteiger charge is 2.26. The van der Waals surface area contributed by atoms with Gasteiger partial charge in [0, 0.05) is 25.1 Å². The van der Waals surface area contributed by atoms with Gasteiger partial charge in [-0.1, -0.05) is 13.8 Å². The molecule has 2 N–H and O–H groups in total. The Kier molecular flexibility index (Phi) is 6.29. The molecule has 0 fully saturated rings. The SMILES string of the molecule is CCC(CC)(CO)CN(C)CCO. The van der Waals surface area contributed by atoms with Crippen LogP contribution in [0.4, 0.5) is 0 Å². The number of aliphatic hydroxyl groups excluding tert-OH is 2. The standard InChI is InChI=1S/C10H23NO2/c1-4-10(5-2,9-13)8-11(3)6-7-12/h12-13H,4-9H2,1-3H3. The molecule has 0 amide bonds. The molecule has 0 aliphatic carbocycles. The van der Waals surface area contributed by atoms with E-state index in [0.717, 1.165) is 19.4 Å². The van der Waals surface area contributed by atoms with Crippen molar-refractivity contribution in [2.24, 2.45) is 5.41 Å². The lowest BCUT2D eigenvalue weighted by Gasteiger charge is -2.33. The van der Waals surface area contributed by atoms with E-state index in [1.165, 1.54) is 0 Å². The summed E-state index contributed by atoms with van der Waals surface area (Å²) in [5.41, 5.74) is 0.0178. The van der Waals surface area contributed by atoms with Gasteiger partial charge in [0.15, 0.2) is 0 Å². The molecule has 13 heavy (non-hydrogen) atoms. The van der Waals surface area contributed by atoms with E-state index >= 15 is 0 Å². The van der Waals surface area contributed by atoms with Crippen LogP contribution >= 0.6 is 0 Å². The lowest BCUT2D eigenvalue weighted by atomic mass is 9.83. The molecule has 3 heteroatoms. The van der Waals surface area contributed by atoms with E-state index in [1.807, 2.05) is 7.05 Å². The minimum absolute atomic E-state index is 0.0178. The van der Waals surface area contributed by atoms with Crippen molar-refractivity contribution in [3.8, 4) is 0 Å². The van der Waals surface area contributed by atoms with E-state index in [-0.39, 0.29) is 18.6 Å². The van der Waals surface area contributed by atoms with Crippen LogP contribution in [0.1, 0.15) is 26.7 Å². The summed E-state index contributed by atoms with van der Waals surface area (Å²) in [7, 11) is 1.98. The highest BCUT2D eigenvalue weighted by atomic mass is 16.3. The topological polar surface area (TPSA) is 43.7 Å². The second-order valence-corrected chi connectivity index (χ2v) is 3.83. The fourth-order valence-corrected chi connectivity index (χ4v) is 1.57. The molecular formula is C10H23NO2. The third-order valence-corrected chi connectivity index (χ3v) is 2.92. The van der Waals surface area contributed by atoms with Gasteiger partial charge in [-0.15, -0.1) is 0 Å². The first-order valence-electron chi connectivity index (χ1n) is 5.04. The van der Waals surface area contributed by atoms with Crippen molar-refractivity contribution >= 4 is 0 Å². The van der Waals surface area contributed by atoms with Crippen molar-refractivity contribution in [2.75, 3.05) is 33.4 Å². The fraction of sp³-hybridized carbons (Fsp3) is 1.00. The zero-order valence-corrected chi connectivity index (χ0v) is 9.08. The van der Waals surface area contributed by atoms with Crippen LogP contribution in [0.15, 0.2) is 0 Å². The summed E-state index contributed by atoms with van der Waals surface area (Å²) in [5, 5.41) is 18.1. The molecule has 0 radical (unpaired) electrons. The van der Waals surface area contributed by atoms with Crippen molar-refractivity contribution in [3.63, 3.8) is 0 Å². The summed E-state index contributed by atoms with van der Waals surface area (Å²) in [6.07, 6.45) is 1.96. The molecule has 0 atom stereocenters. The molecule has 0 spiro atoms. The lowest BCUT2D eigenvalue weighted by Crippen LogP contribution is -2.38. The normalized spacial score (nSPS) is 12.5. The molecule has 0 bridgehead atoms. The number of likely N-dealkylation sites (N-methyl/N-ethyl adjacent to an activating group) is 1. The van der Waals surface area contributed by atoms with Gasteiger partial charge in [0.25, 0.3) is 0 Å². The largest absolute Gasteiger partial charge is 0.396 e. The van der Waals surface area contributed by atoms with Crippen LogP contribution in [0.5, 0.6) is 0 Å². The van der Waals surface area contributed by atoms with Gasteiger partial charge in [0.1, 0.15) is 0 Å². The zero-order chi connectivity index (χ0) is 10.3. The Balaban J connectivity index is 4.07. The van der Waals surface area contributed by atoms with Crippen molar-refractivity contribution in [1.82, 2.24) is 4.90 Å². The highest BCUT2D eigenvalue weighted by Crippen LogP contribution is 2.26. The second-order valence-electron chi connectivity index (χ2n) is 3.83. The molecule has 0 aromatic rings. The second kappa shape index (κ2) is 6.35. The molecule has 0 aromatic heterocycles. The van der Waals surface area contributed by atoms with Crippen LogP contribution in [-0.2, 0) is 0 Å². The van der Waals surface area contributed by atoms with E-state index in [2.05, 4.69) is 18.7 Å². The Morgan fingerprint density at radius 3 is 2.00 bits per heavy atom. The van der Waals surface area contributed by atoms with E-state index in [0.29, 0.717) is 6.54 Å². The number of rotatable bonds is 7. The first kappa shape index (κ1) is 12.9. The van der Waals surface area contributed by atoms with Gasteiger partial charge in [0.2, 0.25) is 0 Å². The minimum atomic E-state index is 0.0178. The predicted octanol–water partition coefficient (Wildman–Crippen LogP) is 0.709. The molecule has 0 aliphatic heterocycles. The van der Waals surface area contributed by atoms with Gasteiger partial charge in [0.05, 0.1) is 6.61 Å². The van der Waals surface area contributed by atoms with Gasteiger partial charge in [-0.05, 0) is 19.9 Å². The van der Waals surface area contributed by atoms with E-state index < -0.39 is 0 Å². The van der Waals surface area contributed by atoms with Crippen LogP contribution in [0.2, 0.25) is 0 Å². The van der Waals surface area contributed by atoms with Crippen molar-refractivity contribution in [3.05, 3.63) is 0 Å². The quantitative estimate of drug-likeness (QED) is 0.620.